The van der Waals surface area contributed by atoms with Crippen LogP contribution in [0.3, 0.4) is 0 Å². The van der Waals surface area contributed by atoms with Gasteiger partial charge in [-0.3, -0.25) is 13.6 Å². The Bertz CT molecular complexity index is 352. The first kappa shape index (κ1) is 10.5. The van der Waals surface area contributed by atoms with E-state index in [4.69, 9.17) is 13.6 Å². The molecule has 0 aliphatic carbocycles. The lowest BCUT2D eigenvalue weighted by atomic mass is 10.5. The zero-order valence-electron chi connectivity index (χ0n) is 7.12. The molecule has 14 heavy (non-hydrogen) atoms. The molecule has 0 aromatic rings. The monoisotopic (exact) mass is 244 g/mol. The van der Waals surface area contributed by atoms with Crippen LogP contribution in [-0.2, 0) is 32.4 Å². The highest BCUT2D eigenvalue weighted by molar-refractivity contribution is 7.86. The van der Waals surface area contributed by atoms with Gasteiger partial charge in [-0.2, -0.15) is 8.42 Å². The van der Waals surface area contributed by atoms with Gasteiger partial charge >= 0.3 is 7.82 Å². The Morgan fingerprint density at radius 1 is 1.29 bits per heavy atom. The molecule has 0 spiro atoms. The van der Waals surface area contributed by atoms with Gasteiger partial charge in [0.25, 0.3) is 10.1 Å². The van der Waals surface area contributed by atoms with Gasteiger partial charge in [0.1, 0.15) is 0 Å². The minimum atomic E-state index is -3.57. The fourth-order valence-corrected chi connectivity index (χ4v) is 3.44. The van der Waals surface area contributed by atoms with Gasteiger partial charge in [-0.15, -0.1) is 0 Å². The summed E-state index contributed by atoms with van der Waals surface area (Å²) in [5, 5.41) is 0. The van der Waals surface area contributed by atoms with Crippen molar-refractivity contribution in [2.75, 3.05) is 19.0 Å². The fraction of sp³-hybridized carbons (Fsp3) is 1.00. The maximum Gasteiger partial charge on any atom is 0.477 e. The second-order valence-corrected chi connectivity index (χ2v) is 6.13. The second-order valence-electron chi connectivity index (χ2n) is 2.80. The van der Waals surface area contributed by atoms with Crippen molar-refractivity contribution in [1.29, 1.82) is 0 Å². The molecule has 2 rings (SSSR count). The number of hydrogen-bond donors (Lipinski definition) is 0. The quantitative estimate of drug-likeness (QED) is 0.507. The van der Waals surface area contributed by atoms with Crippen molar-refractivity contribution in [1.82, 2.24) is 0 Å². The van der Waals surface area contributed by atoms with Crippen molar-refractivity contribution >= 4 is 17.9 Å². The molecule has 2 fully saturated rings. The van der Waals surface area contributed by atoms with Crippen molar-refractivity contribution in [2.45, 2.75) is 12.7 Å². The fourth-order valence-electron chi connectivity index (χ4n) is 1.11. The Labute approximate surface area is 81.0 Å². The third-order valence-corrected chi connectivity index (χ3v) is 4.42. The van der Waals surface area contributed by atoms with E-state index in [-0.39, 0.29) is 25.4 Å². The van der Waals surface area contributed by atoms with E-state index >= 15 is 0 Å². The van der Waals surface area contributed by atoms with Gasteiger partial charge in [0.15, 0.2) is 6.29 Å². The van der Waals surface area contributed by atoms with Crippen molar-refractivity contribution in [2.24, 2.45) is 0 Å². The molecule has 0 bridgehead atoms. The number of phosphoric acid groups is 1. The van der Waals surface area contributed by atoms with E-state index in [0.717, 1.165) is 0 Å². The summed E-state index contributed by atoms with van der Waals surface area (Å²) in [5.41, 5.74) is 0. The van der Waals surface area contributed by atoms with Gasteiger partial charge in [0.05, 0.1) is 19.0 Å². The molecule has 9 heteroatoms. The largest absolute Gasteiger partial charge is 0.477 e. The summed E-state index contributed by atoms with van der Waals surface area (Å²) in [4.78, 5) is 0. The molecule has 2 heterocycles. The van der Waals surface area contributed by atoms with E-state index in [1.54, 1.807) is 0 Å². The predicted molar refractivity (Wildman–Crippen MR) is 43.9 cm³/mol. The molecule has 2 aliphatic heterocycles. The lowest BCUT2D eigenvalue weighted by molar-refractivity contribution is 0.00202. The number of rotatable bonds is 2. The Morgan fingerprint density at radius 2 is 1.93 bits per heavy atom. The van der Waals surface area contributed by atoms with Gasteiger partial charge in [-0.1, -0.05) is 0 Å². The van der Waals surface area contributed by atoms with Crippen LogP contribution in [0.15, 0.2) is 0 Å². The van der Waals surface area contributed by atoms with Crippen LogP contribution in [0.1, 0.15) is 6.42 Å². The van der Waals surface area contributed by atoms with Gasteiger partial charge < -0.3 is 0 Å². The van der Waals surface area contributed by atoms with Gasteiger partial charge in [-0.05, 0) is 0 Å². The van der Waals surface area contributed by atoms with E-state index in [1.165, 1.54) is 0 Å². The third-order valence-electron chi connectivity index (χ3n) is 1.69. The summed E-state index contributed by atoms with van der Waals surface area (Å²) in [5.74, 6) is -0.141. The summed E-state index contributed by atoms with van der Waals surface area (Å²) in [6.07, 6.45) is -0.914. The smallest absolute Gasteiger partial charge is 0.284 e. The van der Waals surface area contributed by atoms with Crippen LogP contribution in [-0.4, -0.2) is 33.7 Å². The van der Waals surface area contributed by atoms with Crippen molar-refractivity contribution in [3.8, 4) is 0 Å². The summed E-state index contributed by atoms with van der Waals surface area (Å²) >= 11 is 0. The molecule has 0 N–H and O–H groups in total. The predicted octanol–water partition coefficient (Wildman–Crippen LogP) is 0.234. The van der Waals surface area contributed by atoms with Gasteiger partial charge in [0, 0.05) is 6.42 Å². The van der Waals surface area contributed by atoms with Crippen molar-refractivity contribution in [3.63, 3.8) is 0 Å². The topological polar surface area (TPSA) is 88.1 Å². The average molecular weight is 244 g/mol. The zero-order chi connectivity index (χ0) is 10.2. The Hall–Kier alpha value is 0.0200. The Balaban J connectivity index is 1.96. The second kappa shape index (κ2) is 3.55. The first-order valence-corrected chi connectivity index (χ1v) is 7.01. The van der Waals surface area contributed by atoms with Crippen LogP contribution in [0, 0.1) is 0 Å². The zero-order valence-corrected chi connectivity index (χ0v) is 8.83. The molecule has 0 aromatic heterocycles. The van der Waals surface area contributed by atoms with Crippen LogP contribution >= 0.6 is 7.82 Å². The minimum absolute atomic E-state index is 0.138. The summed E-state index contributed by atoms with van der Waals surface area (Å²) in [7, 11) is -7.09. The van der Waals surface area contributed by atoms with Crippen LogP contribution < -0.4 is 0 Å². The van der Waals surface area contributed by atoms with E-state index in [2.05, 4.69) is 4.18 Å². The molecule has 7 nitrogen and oxygen atoms in total. The molecule has 0 aromatic carbocycles. The van der Waals surface area contributed by atoms with Crippen molar-refractivity contribution in [3.05, 3.63) is 0 Å². The first-order valence-electron chi connectivity index (χ1n) is 3.98. The Kier molecular flexibility index (Phi) is 2.67. The maximum atomic E-state index is 11.4. The standard InChI is InChI=1S/C5H9O7PS/c6-13(9-2-3-10-13)11-5-1-4-14(7,8)12-5/h5H,1-4H2. The van der Waals surface area contributed by atoms with E-state index in [9.17, 15) is 13.0 Å². The highest BCUT2D eigenvalue weighted by Gasteiger charge is 2.40. The number of hydrogen-bond acceptors (Lipinski definition) is 7. The summed E-state index contributed by atoms with van der Waals surface area (Å²) in [6, 6.07) is 0. The molecular formula is C5H9O7PS. The molecule has 0 radical (unpaired) electrons. The summed E-state index contributed by atoms with van der Waals surface area (Å²) < 4.78 is 51.8. The third kappa shape index (κ3) is 2.33. The minimum Gasteiger partial charge on any atom is -0.284 e. The Morgan fingerprint density at radius 3 is 2.43 bits per heavy atom. The molecule has 1 atom stereocenters. The van der Waals surface area contributed by atoms with Crippen LogP contribution in [0.2, 0.25) is 0 Å². The molecular weight excluding hydrogens is 235 g/mol. The normalized spacial score (nSPS) is 34.7. The van der Waals surface area contributed by atoms with Crippen LogP contribution in [0.4, 0.5) is 0 Å². The summed E-state index contributed by atoms with van der Waals surface area (Å²) in [6.45, 7) is 0.355. The van der Waals surface area contributed by atoms with E-state index in [0.29, 0.717) is 0 Å². The first-order chi connectivity index (χ1) is 6.49. The SMILES string of the molecule is O=P1(OC2CCS(=O)(=O)O2)OCCO1. The van der Waals surface area contributed by atoms with Crippen LogP contribution in [0.5, 0.6) is 0 Å². The molecule has 1 unspecified atom stereocenters. The lowest BCUT2D eigenvalue weighted by Crippen LogP contribution is -2.10. The molecule has 0 saturated carbocycles. The van der Waals surface area contributed by atoms with E-state index < -0.39 is 24.2 Å². The lowest BCUT2D eigenvalue weighted by Gasteiger charge is -2.13. The van der Waals surface area contributed by atoms with Gasteiger partial charge in [0.2, 0.25) is 0 Å². The average Bonchev–Trinajstić information content (AvgIpc) is 2.59. The highest BCUT2D eigenvalue weighted by Crippen LogP contribution is 2.54. The van der Waals surface area contributed by atoms with Gasteiger partial charge in [-0.25, -0.2) is 8.75 Å². The molecule has 2 aliphatic rings. The van der Waals surface area contributed by atoms with Crippen LogP contribution in [0.25, 0.3) is 0 Å². The molecule has 82 valence electrons. The van der Waals surface area contributed by atoms with Crippen molar-refractivity contribution < 1.29 is 30.7 Å². The maximum absolute atomic E-state index is 11.4. The molecule has 2 saturated heterocycles. The number of phosphoric ester groups is 1. The van der Waals surface area contributed by atoms with E-state index in [1.807, 2.05) is 0 Å². The molecule has 0 amide bonds. The highest BCUT2D eigenvalue weighted by atomic mass is 32.2.